The van der Waals surface area contributed by atoms with E-state index in [-0.39, 0.29) is 6.54 Å². The summed E-state index contributed by atoms with van der Waals surface area (Å²) in [5, 5.41) is 5.63. The summed E-state index contributed by atoms with van der Waals surface area (Å²) >= 11 is 0. The Labute approximate surface area is 123 Å². The molecule has 0 bridgehead atoms. The van der Waals surface area contributed by atoms with Crippen molar-refractivity contribution >= 4 is 5.96 Å². The van der Waals surface area contributed by atoms with Gasteiger partial charge in [0.15, 0.2) is 5.96 Å². The van der Waals surface area contributed by atoms with Crippen LogP contribution in [0.25, 0.3) is 0 Å². The van der Waals surface area contributed by atoms with E-state index in [2.05, 4.69) is 27.8 Å². The van der Waals surface area contributed by atoms with Crippen molar-refractivity contribution in [1.82, 2.24) is 10.6 Å². The molecule has 0 heterocycles. The minimum atomic E-state index is -4.14. The fourth-order valence-corrected chi connectivity index (χ4v) is 1.78. The molecular formula is C15H22F3N3. The van der Waals surface area contributed by atoms with Gasteiger partial charge in [0.05, 0.1) is 6.42 Å². The quantitative estimate of drug-likeness (QED) is 0.461. The Morgan fingerprint density at radius 2 is 1.86 bits per heavy atom. The molecule has 0 saturated carbocycles. The van der Waals surface area contributed by atoms with Gasteiger partial charge in [-0.15, -0.1) is 0 Å². The minimum Gasteiger partial charge on any atom is -0.357 e. The third kappa shape index (κ3) is 8.94. The Kier molecular flexibility index (Phi) is 7.64. The second-order valence-electron chi connectivity index (χ2n) is 4.64. The van der Waals surface area contributed by atoms with E-state index in [0.717, 1.165) is 12.8 Å². The van der Waals surface area contributed by atoms with E-state index < -0.39 is 12.6 Å². The first kappa shape index (κ1) is 17.3. The van der Waals surface area contributed by atoms with Crippen LogP contribution in [0.3, 0.4) is 0 Å². The van der Waals surface area contributed by atoms with Gasteiger partial charge in [0.2, 0.25) is 0 Å². The van der Waals surface area contributed by atoms with Crippen LogP contribution in [-0.2, 0) is 6.42 Å². The van der Waals surface area contributed by atoms with Gasteiger partial charge in [-0.05, 0) is 25.3 Å². The zero-order chi connectivity index (χ0) is 15.6. The zero-order valence-electron chi connectivity index (χ0n) is 12.2. The van der Waals surface area contributed by atoms with Crippen molar-refractivity contribution in [3.63, 3.8) is 0 Å². The van der Waals surface area contributed by atoms with E-state index in [1.807, 2.05) is 25.1 Å². The summed E-state index contributed by atoms with van der Waals surface area (Å²) in [6, 6.07) is 10.0. The molecule has 0 amide bonds. The maximum atomic E-state index is 12.1. The van der Waals surface area contributed by atoms with Gasteiger partial charge in [-0.25, -0.2) is 0 Å². The highest BCUT2D eigenvalue weighted by molar-refractivity contribution is 5.79. The van der Waals surface area contributed by atoms with Crippen LogP contribution in [0.15, 0.2) is 35.3 Å². The first-order valence-electron chi connectivity index (χ1n) is 7.14. The van der Waals surface area contributed by atoms with Gasteiger partial charge in [-0.1, -0.05) is 30.3 Å². The standard InChI is InChI=1S/C15H22F3N3/c1-2-19-14(21-12-10-15(16,17)18)20-11-6-9-13-7-4-3-5-8-13/h3-5,7-8H,2,6,9-12H2,1H3,(H2,19,20,21). The smallest absolute Gasteiger partial charge is 0.357 e. The molecule has 0 aliphatic carbocycles. The van der Waals surface area contributed by atoms with Crippen LogP contribution in [0.2, 0.25) is 0 Å². The second-order valence-corrected chi connectivity index (χ2v) is 4.64. The van der Waals surface area contributed by atoms with Gasteiger partial charge in [0, 0.05) is 19.6 Å². The van der Waals surface area contributed by atoms with Crippen LogP contribution in [0.1, 0.15) is 25.3 Å². The van der Waals surface area contributed by atoms with E-state index in [1.165, 1.54) is 5.56 Å². The number of alkyl halides is 3. The molecule has 2 N–H and O–H groups in total. The topological polar surface area (TPSA) is 36.4 Å². The summed E-state index contributed by atoms with van der Waals surface area (Å²) in [6.45, 7) is 2.92. The summed E-state index contributed by atoms with van der Waals surface area (Å²) < 4.78 is 36.3. The van der Waals surface area contributed by atoms with E-state index in [0.29, 0.717) is 19.0 Å². The maximum Gasteiger partial charge on any atom is 0.390 e. The average molecular weight is 301 g/mol. The van der Waals surface area contributed by atoms with E-state index in [4.69, 9.17) is 0 Å². The third-order valence-corrected chi connectivity index (χ3v) is 2.78. The molecule has 0 saturated heterocycles. The predicted molar refractivity (Wildman–Crippen MR) is 79.4 cm³/mol. The molecule has 0 spiro atoms. The predicted octanol–water partition coefficient (Wildman–Crippen LogP) is 3.13. The van der Waals surface area contributed by atoms with Crippen molar-refractivity contribution in [2.24, 2.45) is 4.99 Å². The van der Waals surface area contributed by atoms with E-state index >= 15 is 0 Å². The largest absolute Gasteiger partial charge is 0.390 e. The molecule has 0 atom stereocenters. The normalized spacial score (nSPS) is 12.3. The molecule has 118 valence electrons. The van der Waals surface area contributed by atoms with Crippen LogP contribution >= 0.6 is 0 Å². The van der Waals surface area contributed by atoms with Crippen LogP contribution < -0.4 is 10.6 Å². The summed E-state index contributed by atoms with van der Waals surface area (Å²) in [5.41, 5.74) is 1.24. The maximum absolute atomic E-state index is 12.1. The van der Waals surface area contributed by atoms with Crippen LogP contribution in [0.4, 0.5) is 13.2 Å². The molecular weight excluding hydrogens is 279 g/mol. The number of nitrogens with one attached hydrogen (secondary N) is 2. The van der Waals surface area contributed by atoms with Crippen molar-refractivity contribution in [2.45, 2.75) is 32.4 Å². The summed E-state index contributed by atoms with van der Waals surface area (Å²) in [6.07, 6.45) is -3.23. The molecule has 1 aromatic rings. The Balaban J connectivity index is 2.30. The van der Waals surface area contributed by atoms with E-state index in [1.54, 1.807) is 0 Å². The lowest BCUT2D eigenvalue weighted by Gasteiger charge is -2.12. The third-order valence-electron chi connectivity index (χ3n) is 2.78. The number of benzene rings is 1. The van der Waals surface area contributed by atoms with E-state index in [9.17, 15) is 13.2 Å². The van der Waals surface area contributed by atoms with Gasteiger partial charge in [0.25, 0.3) is 0 Å². The lowest BCUT2D eigenvalue weighted by atomic mass is 10.1. The van der Waals surface area contributed by atoms with Crippen LogP contribution in [0, 0.1) is 0 Å². The lowest BCUT2D eigenvalue weighted by molar-refractivity contribution is -0.132. The van der Waals surface area contributed by atoms with Crippen molar-refractivity contribution in [3.05, 3.63) is 35.9 Å². The monoisotopic (exact) mass is 301 g/mol. The fraction of sp³-hybridized carbons (Fsp3) is 0.533. The first-order valence-corrected chi connectivity index (χ1v) is 7.14. The average Bonchev–Trinajstić information content (AvgIpc) is 2.43. The molecule has 3 nitrogen and oxygen atoms in total. The molecule has 1 aromatic carbocycles. The molecule has 1 rings (SSSR count). The van der Waals surface area contributed by atoms with Gasteiger partial charge in [0.1, 0.15) is 0 Å². The highest BCUT2D eigenvalue weighted by atomic mass is 19.4. The molecule has 0 fully saturated rings. The highest BCUT2D eigenvalue weighted by Crippen LogP contribution is 2.18. The molecule has 0 aliphatic heterocycles. The van der Waals surface area contributed by atoms with Crippen LogP contribution in [0.5, 0.6) is 0 Å². The lowest BCUT2D eigenvalue weighted by Crippen LogP contribution is -2.39. The van der Waals surface area contributed by atoms with Crippen LogP contribution in [-0.4, -0.2) is 31.8 Å². The van der Waals surface area contributed by atoms with Crippen molar-refractivity contribution in [2.75, 3.05) is 19.6 Å². The zero-order valence-corrected chi connectivity index (χ0v) is 12.2. The molecule has 0 aliphatic rings. The van der Waals surface area contributed by atoms with Crippen molar-refractivity contribution in [3.8, 4) is 0 Å². The summed E-state index contributed by atoms with van der Waals surface area (Å²) in [4.78, 5) is 4.28. The number of nitrogens with zero attached hydrogens (tertiary/aromatic N) is 1. The number of aliphatic imine (C=N–C) groups is 1. The number of hydrogen-bond acceptors (Lipinski definition) is 1. The first-order chi connectivity index (χ1) is 10.0. The SMILES string of the molecule is CCNC(=NCCCc1ccccc1)NCCC(F)(F)F. The van der Waals surface area contributed by atoms with Gasteiger partial charge >= 0.3 is 6.18 Å². The number of aryl methyl sites for hydroxylation is 1. The summed E-state index contributed by atoms with van der Waals surface area (Å²) in [5.74, 6) is 0.440. The number of halogens is 3. The molecule has 21 heavy (non-hydrogen) atoms. The van der Waals surface area contributed by atoms with Gasteiger partial charge in [-0.2, -0.15) is 13.2 Å². The Morgan fingerprint density at radius 1 is 1.14 bits per heavy atom. The number of guanidine groups is 1. The molecule has 0 unspecified atom stereocenters. The summed E-state index contributed by atoms with van der Waals surface area (Å²) in [7, 11) is 0. The minimum absolute atomic E-state index is 0.159. The fourth-order valence-electron chi connectivity index (χ4n) is 1.78. The van der Waals surface area contributed by atoms with Crippen molar-refractivity contribution < 1.29 is 13.2 Å². The Hall–Kier alpha value is -1.72. The Morgan fingerprint density at radius 3 is 2.48 bits per heavy atom. The number of hydrogen-bond donors (Lipinski definition) is 2. The second kappa shape index (κ2) is 9.26. The molecule has 0 aromatic heterocycles. The molecule has 0 radical (unpaired) electrons. The van der Waals surface area contributed by atoms with Crippen molar-refractivity contribution in [1.29, 1.82) is 0 Å². The highest BCUT2D eigenvalue weighted by Gasteiger charge is 2.26. The van der Waals surface area contributed by atoms with Gasteiger partial charge in [-0.3, -0.25) is 4.99 Å². The Bertz CT molecular complexity index is 416. The van der Waals surface area contributed by atoms with Gasteiger partial charge < -0.3 is 10.6 Å². The molecule has 6 heteroatoms. The number of rotatable bonds is 7.